The van der Waals surface area contributed by atoms with E-state index < -0.39 is 0 Å². The van der Waals surface area contributed by atoms with E-state index in [0.29, 0.717) is 23.7 Å². The van der Waals surface area contributed by atoms with Crippen LogP contribution in [0.4, 0.5) is 10.5 Å². The van der Waals surface area contributed by atoms with Crippen molar-refractivity contribution < 1.29 is 4.79 Å². The van der Waals surface area contributed by atoms with Crippen LogP contribution in [-0.2, 0) is 6.54 Å². The van der Waals surface area contributed by atoms with Gasteiger partial charge in [-0.05, 0) is 36.4 Å². The van der Waals surface area contributed by atoms with Gasteiger partial charge in [0.2, 0.25) is 0 Å². The Balaban J connectivity index is 1.31. The Bertz CT molecular complexity index is 1280. The van der Waals surface area contributed by atoms with E-state index in [1.165, 1.54) is 16.8 Å². The molecule has 3 heterocycles. The number of amides is 1. The molecule has 0 bridgehead atoms. The van der Waals surface area contributed by atoms with Gasteiger partial charge in [-0.3, -0.25) is 4.79 Å². The number of nitriles is 1. The van der Waals surface area contributed by atoms with Gasteiger partial charge in [0.25, 0.3) is 0 Å². The van der Waals surface area contributed by atoms with Gasteiger partial charge in [0.05, 0.1) is 42.0 Å². The Morgan fingerprint density at radius 1 is 1.00 bits per heavy atom. The zero-order valence-corrected chi connectivity index (χ0v) is 20.3. The monoisotopic (exact) mass is 483 g/mol. The lowest BCUT2D eigenvalue weighted by atomic mass is 10.1. The molecule has 9 heteroatoms. The Labute approximate surface area is 208 Å². The average molecular weight is 484 g/mol. The normalized spacial score (nSPS) is 16.7. The molecular weight excluding hydrogens is 458 g/mol. The number of hydrazone groups is 1. The molecule has 1 saturated heterocycles. The smallest absolute Gasteiger partial charge is 0.302 e. The molecule has 2 aromatic carbocycles. The number of carbonyl (C=O) groups excluding carboxylic acids is 1. The highest BCUT2D eigenvalue weighted by molar-refractivity contribution is 8.14. The maximum Gasteiger partial charge on any atom is 0.302 e. The van der Waals surface area contributed by atoms with Crippen LogP contribution in [0.1, 0.15) is 16.7 Å². The summed E-state index contributed by atoms with van der Waals surface area (Å²) in [6.45, 7) is 4.38. The van der Waals surface area contributed by atoms with Crippen molar-refractivity contribution >= 4 is 28.4 Å². The second kappa shape index (κ2) is 10.3. The number of likely N-dealkylation sites (N-methyl/N-ethyl adjacent to an activating group) is 1. The summed E-state index contributed by atoms with van der Waals surface area (Å²) in [4.78, 5) is 26.4. The van der Waals surface area contributed by atoms with Gasteiger partial charge in [0.1, 0.15) is 0 Å². The fourth-order valence-electron chi connectivity index (χ4n) is 4.08. The van der Waals surface area contributed by atoms with Gasteiger partial charge in [-0.25, -0.2) is 15.0 Å². The summed E-state index contributed by atoms with van der Waals surface area (Å²) >= 11 is 1.23. The van der Waals surface area contributed by atoms with Gasteiger partial charge in [-0.15, -0.1) is 0 Å². The van der Waals surface area contributed by atoms with E-state index in [9.17, 15) is 4.79 Å². The van der Waals surface area contributed by atoms with E-state index in [-0.39, 0.29) is 5.24 Å². The third kappa shape index (κ3) is 5.34. The highest BCUT2D eigenvalue weighted by atomic mass is 32.2. The van der Waals surface area contributed by atoms with E-state index in [4.69, 9.17) is 5.26 Å². The van der Waals surface area contributed by atoms with E-state index in [1.807, 2.05) is 48.8 Å². The maximum atomic E-state index is 12.5. The summed E-state index contributed by atoms with van der Waals surface area (Å²) in [5.74, 6) is 1.17. The van der Waals surface area contributed by atoms with E-state index in [2.05, 4.69) is 38.0 Å². The van der Waals surface area contributed by atoms with Gasteiger partial charge in [0.15, 0.2) is 5.82 Å². The third-order valence-corrected chi connectivity index (χ3v) is 7.03. The van der Waals surface area contributed by atoms with E-state index in [1.54, 1.807) is 12.1 Å². The minimum atomic E-state index is -0.0828. The molecular formula is C26H25N7OS. The SMILES string of the molecule is CN1CCN(c2cnc(-c3cccc(CN4N=C(c5ccc(C#N)cc5)CSC4=O)c3)nc2)CC1. The Morgan fingerprint density at radius 3 is 2.46 bits per heavy atom. The Kier molecular flexibility index (Phi) is 6.75. The van der Waals surface area contributed by atoms with Crippen molar-refractivity contribution in [1.82, 2.24) is 19.9 Å². The molecule has 1 amide bonds. The number of hydrogen-bond donors (Lipinski definition) is 0. The molecule has 0 unspecified atom stereocenters. The molecule has 1 fully saturated rings. The first-order valence-corrected chi connectivity index (χ1v) is 12.4. The lowest BCUT2D eigenvalue weighted by Gasteiger charge is -2.33. The number of piperazine rings is 1. The zero-order chi connectivity index (χ0) is 24.2. The number of thioether (sulfide) groups is 1. The molecule has 2 aliphatic heterocycles. The van der Waals surface area contributed by atoms with Crippen LogP contribution in [0.15, 0.2) is 66.0 Å². The molecule has 0 saturated carbocycles. The second-order valence-corrected chi connectivity index (χ2v) is 9.53. The molecule has 0 atom stereocenters. The summed E-state index contributed by atoms with van der Waals surface area (Å²) in [6, 6.07) is 17.3. The van der Waals surface area contributed by atoms with Crippen molar-refractivity contribution in [3.05, 3.63) is 77.6 Å². The second-order valence-electron chi connectivity index (χ2n) is 8.60. The minimum Gasteiger partial charge on any atom is -0.366 e. The molecule has 0 aliphatic carbocycles. The topological polar surface area (TPSA) is 88.7 Å². The molecule has 0 spiro atoms. The van der Waals surface area contributed by atoms with Crippen molar-refractivity contribution in [2.24, 2.45) is 5.10 Å². The lowest BCUT2D eigenvalue weighted by molar-refractivity contribution is 0.222. The largest absolute Gasteiger partial charge is 0.366 e. The van der Waals surface area contributed by atoms with Crippen LogP contribution in [0.5, 0.6) is 0 Å². The molecule has 3 aromatic rings. The highest BCUT2D eigenvalue weighted by Gasteiger charge is 2.22. The van der Waals surface area contributed by atoms with Gasteiger partial charge in [-0.1, -0.05) is 42.1 Å². The molecule has 176 valence electrons. The first kappa shape index (κ1) is 23.0. The van der Waals surface area contributed by atoms with Crippen LogP contribution in [0.25, 0.3) is 11.4 Å². The van der Waals surface area contributed by atoms with Gasteiger partial charge in [-0.2, -0.15) is 10.4 Å². The predicted molar refractivity (Wildman–Crippen MR) is 138 cm³/mol. The highest BCUT2D eigenvalue weighted by Crippen LogP contribution is 2.24. The molecule has 1 aromatic heterocycles. The molecule has 35 heavy (non-hydrogen) atoms. The third-order valence-electron chi connectivity index (χ3n) is 6.16. The van der Waals surface area contributed by atoms with Crippen LogP contribution < -0.4 is 4.90 Å². The summed E-state index contributed by atoms with van der Waals surface area (Å²) < 4.78 is 0. The zero-order valence-electron chi connectivity index (χ0n) is 19.5. The van der Waals surface area contributed by atoms with E-state index in [0.717, 1.165) is 54.3 Å². The molecule has 0 radical (unpaired) electrons. The number of aromatic nitrogens is 2. The summed E-state index contributed by atoms with van der Waals surface area (Å²) in [5.41, 5.74) is 5.23. The maximum absolute atomic E-state index is 12.5. The van der Waals surface area contributed by atoms with Gasteiger partial charge >= 0.3 is 5.24 Å². The molecule has 2 aliphatic rings. The van der Waals surface area contributed by atoms with Crippen LogP contribution in [0, 0.1) is 11.3 Å². The van der Waals surface area contributed by atoms with Crippen molar-refractivity contribution in [2.75, 3.05) is 43.9 Å². The molecule has 8 nitrogen and oxygen atoms in total. The first-order chi connectivity index (χ1) is 17.1. The summed E-state index contributed by atoms with van der Waals surface area (Å²) in [7, 11) is 2.14. The fraction of sp³-hybridized carbons (Fsp3) is 0.269. The van der Waals surface area contributed by atoms with E-state index >= 15 is 0 Å². The molecule has 5 rings (SSSR count). The average Bonchev–Trinajstić information content (AvgIpc) is 2.91. The number of hydrogen-bond acceptors (Lipinski definition) is 8. The van der Waals surface area contributed by atoms with Gasteiger partial charge < -0.3 is 9.80 Å². The quantitative estimate of drug-likeness (QED) is 0.545. The summed E-state index contributed by atoms with van der Waals surface area (Å²) in [5, 5.41) is 15.0. The number of nitrogens with zero attached hydrogens (tertiary/aromatic N) is 7. The van der Waals surface area contributed by atoms with Crippen molar-refractivity contribution in [3.63, 3.8) is 0 Å². The van der Waals surface area contributed by atoms with Crippen molar-refractivity contribution in [3.8, 4) is 17.5 Å². The Hall–Kier alpha value is -3.74. The fourth-order valence-corrected chi connectivity index (χ4v) is 4.82. The number of benzene rings is 2. The van der Waals surface area contributed by atoms with Crippen LogP contribution in [0.3, 0.4) is 0 Å². The number of carbonyl (C=O) groups is 1. The standard InChI is InChI=1S/C26H25N7OS/c1-31-9-11-32(12-10-31)23-15-28-25(29-16-23)22-4-2-3-20(13-22)17-33-26(34)35-18-24(30-33)21-7-5-19(14-27)6-8-21/h2-8,13,15-16H,9-12,17-18H2,1H3. The van der Waals surface area contributed by atoms with Gasteiger partial charge in [0, 0.05) is 37.5 Å². The molecule has 0 N–H and O–H groups in total. The Morgan fingerprint density at radius 2 is 1.74 bits per heavy atom. The van der Waals surface area contributed by atoms with Crippen LogP contribution >= 0.6 is 11.8 Å². The predicted octanol–water partition coefficient (Wildman–Crippen LogP) is 3.84. The first-order valence-electron chi connectivity index (χ1n) is 11.5. The van der Waals surface area contributed by atoms with Crippen molar-refractivity contribution in [1.29, 1.82) is 5.26 Å². The minimum absolute atomic E-state index is 0.0828. The van der Waals surface area contributed by atoms with Crippen molar-refractivity contribution in [2.45, 2.75) is 6.54 Å². The summed E-state index contributed by atoms with van der Waals surface area (Å²) in [6.07, 6.45) is 3.78. The lowest BCUT2D eigenvalue weighted by Crippen LogP contribution is -2.44. The number of rotatable bonds is 5. The van der Waals surface area contributed by atoms with Crippen LogP contribution in [-0.4, -0.2) is 69.8 Å². The number of anilines is 1. The van der Waals surface area contributed by atoms with Crippen LogP contribution in [0.2, 0.25) is 0 Å².